The molecule has 13 heteroatoms. The highest BCUT2D eigenvalue weighted by molar-refractivity contribution is 7.92. The van der Waals surface area contributed by atoms with Gasteiger partial charge in [-0.1, -0.05) is 0 Å². The highest BCUT2D eigenvalue weighted by Crippen LogP contribution is 2.54. The number of carbonyl (C=O) groups is 1. The molecule has 1 saturated carbocycles. The van der Waals surface area contributed by atoms with Gasteiger partial charge in [0.2, 0.25) is 15.9 Å². The molecule has 2 saturated heterocycles. The van der Waals surface area contributed by atoms with E-state index in [1.165, 1.54) is 26.0 Å². The van der Waals surface area contributed by atoms with Crippen molar-refractivity contribution in [1.82, 2.24) is 4.98 Å². The lowest BCUT2D eigenvalue weighted by atomic mass is 9.93. The Morgan fingerprint density at radius 2 is 1.59 bits per heavy atom. The Morgan fingerprint density at radius 1 is 0.932 bits per heavy atom. The van der Waals surface area contributed by atoms with E-state index < -0.39 is 28.3 Å². The van der Waals surface area contributed by atoms with Gasteiger partial charge in [0.25, 0.3) is 11.8 Å². The van der Waals surface area contributed by atoms with E-state index in [0.29, 0.717) is 45.1 Å². The number of aliphatic hydroxyl groups is 1. The summed E-state index contributed by atoms with van der Waals surface area (Å²) >= 11 is 0. The lowest BCUT2D eigenvalue weighted by Crippen LogP contribution is -2.39. The number of benzene rings is 2. The third kappa shape index (κ3) is 6.53. The lowest BCUT2D eigenvalue weighted by molar-refractivity contribution is -0.0220. The monoisotopic (exact) mass is 629 g/mol. The Labute approximate surface area is 255 Å². The molecule has 2 aromatic carbocycles. The normalized spacial score (nSPS) is 19.2. The van der Waals surface area contributed by atoms with E-state index >= 15 is 0 Å². The molecule has 44 heavy (non-hydrogen) atoms. The van der Waals surface area contributed by atoms with E-state index in [2.05, 4.69) is 19.9 Å². The summed E-state index contributed by atoms with van der Waals surface area (Å²) in [6, 6.07) is 11.9. The molecular weight excluding hydrogens is 592 g/mol. The Balaban J connectivity index is 1.32. The number of aliphatic hydroxyl groups excluding tert-OH is 1. The molecule has 3 N–H and O–H groups in total. The van der Waals surface area contributed by atoms with Crippen molar-refractivity contribution in [1.29, 1.82) is 0 Å². The average molecular weight is 630 g/mol. The van der Waals surface area contributed by atoms with Crippen molar-refractivity contribution in [3.63, 3.8) is 0 Å². The Hall–Kier alpha value is -3.71. The third-order valence-electron chi connectivity index (χ3n) is 9.05. The fourth-order valence-electron chi connectivity index (χ4n) is 6.20. The van der Waals surface area contributed by atoms with Crippen LogP contribution in [0.2, 0.25) is 0 Å². The number of sulfonamides is 1. The maximum Gasteiger partial charge on any atom is 0.257 e. The van der Waals surface area contributed by atoms with Gasteiger partial charge in [-0.05, 0) is 67.5 Å². The van der Waals surface area contributed by atoms with E-state index in [4.69, 9.17) is 9.84 Å². The molecule has 3 heterocycles. The Morgan fingerprint density at radius 3 is 2.25 bits per heavy atom. The molecule has 1 aliphatic carbocycles. The maximum atomic E-state index is 14.0. The van der Waals surface area contributed by atoms with Crippen molar-refractivity contribution in [3.8, 4) is 5.88 Å². The van der Waals surface area contributed by atoms with Crippen LogP contribution in [0.4, 0.5) is 31.5 Å². The van der Waals surface area contributed by atoms with Gasteiger partial charge in [-0.15, -0.1) is 0 Å². The number of alkyl halides is 2. The number of ether oxygens (including phenoxy) is 1. The minimum absolute atomic E-state index is 0.145. The van der Waals surface area contributed by atoms with Crippen LogP contribution in [0.25, 0.3) is 10.9 Å². The van der Waals surface area contributed by atoms with E-state index in [1.54, 1.807) is 30.3 Å². The van der Waals surface area contributed by atoms with Gasteiger partial charge in [-0.2, -0.15) is 0 Å². The summed E-state index contributed by atoms with van der Waals surface area (Å²) in [5, 5.41) is 12.9. The van der Waals surface area contributed by atoms with Crippen molar-refractivity contribution in [3.05, 3.63) is 48.0 Å². The SMILES string of the molecule is COc1ccc2cc(NC(=O)c3ccc(NS(=O)(=O)CCO)cc3N3CCC4(CC3)CC4)cc(N3CCC(F)(F)CC3)c2n1. The van der Waals surface area contributed by atoms with Crippen LogP contribution in [0.1, 0.15) is 48.9 Å². The number of carbonyl (C=O) groups excluding carboxylic acids is 1. The van der Waals surface area contributed by atoms with Crippen molar-refractivity contribution in [2.24, 2.45) is 5.41 Å². The van der Waals surface area contributed by atoms with Crippen LogP contribution in [-0.4, -0.2) is 76.0 Å². The summed E-state index contributed by atoms with van der Waals surface area (Å²) in [5.74, 6) is -3.14. The lowest BCUT2D eigenvalue weighted by Gasteiger charge is -2.35. The highest BCUT2D eigenvalue weighted by atomic mass is 32.2. The molecule has 1 aromatic heterocycles. The Bertz CT molecular complexity index is 1660. The third-order valence-corrected chi connectivity index (χ3v) is 10.3. The first kappa shape index (κ1) is 30.3. The van der Waals surface area contributed by atoms with E-state index in [-0.39, 0.29) is 31.8 Å². The molecule has 3 aromatic rings. The number of hydrogen-bond acceptors (Lipinski definition) is 8. The second-order valence-electron chi connectivity index (χ2n) is 12.1. The second kappa shape index (κ2) is 11.7. The minimum Gasteiger partial charge on any atom is -0.481 e. The van der Waals surface area contributed by atoms with E-state index in [0.717, 1.165) is 31.3 Å². The van der Waals surface area contributed by atoms with Crippen molar-refractivity contribution < 1.29 is 31.8 Å². The molecule has 2 aliphatic heterocycles. The number of nitrogens with zero attached hydrogens (tertiary/aromatic N) is 3. The van der Waals surface area contributed by atoms with Crippen LogP contribution in [0.15, 0.2) is 42.5 Å². The van der Waals surface area contributed by atoms with E-state index in [1.807, 2.05) is 11.0 Å². The summed E-state index contributed by atoms with van der Waals surface area (Å²) in [4.78, 5) is 22.4. The quantitative estimate of drug-likeness (QED) is 0.307. The second-order valence-corrected chi connectivity index (χ2v) is 13.9. The highest BCUT2D eigenvalue weighted by Gasteiger charge is 2.44. The number of pyridine rings is 1. The van der Waals surface area contributed by atoms with Gasteiger partial charge in [-0.3, -0.25) is 9.52 Å². The predicted octanol–water partition coefficient (Wildman–Crippen LogP) is 4.85. The van der Waals surface area contributed by atoms with Gasteiger partial charge in [0.1, 0.15) is 0 Å². The number of aromatic nitrogens is 1. The smallest absolute Gasteiger partial charge is 0.257 e. The molecule has 0 radical (unpaired) electrons. The van der Waals surface area contributed by atoms with Crippen molar-refractivity contribution >= 4 is 49.6 Å². The zero-order valence-electron chi connectivity index (χ0n) is 24.6. The first-order chi connectivity index (χ1) is 21.0. The fourth-order valence-corrected chi connectivity index (χ4v) is 7.03. The summed E-state index contributed by atoms with van der Waals surface area (Å²) in [5.41, 5.74) is 3.42. The van der Waals surface area contributed by atoms with Crippen LogP contribution < -0.4 is 24.6 Å². The van der Waals surface area contributed by atoms with Crippen LogP contribution in [-0.2, 0) is 10.0 Å². The largest absolute Gasteiger partial charge is 0.481 e. The molecule has 0 atom stereocenters. The number of fused-ring (bicyclic) bond motifs is 1. The van der Waals surface area contributed by atoms with Gasteiger partial charge in [0.05, 0.1) is 47.6 Å². The zero-order chi connectivity index (χ0) is 31.1. The molecule has 10 nitrogen and oxygen atoms in total. The van der Waals surface area contributed by atoms with Crippen LogP contribution >= 0.6 is 0 Å². The van der Waals surface area contributed by atoms with Crippen molar-refractivity contribution in [2.45, 2.75) is 44.4 Å². The summed E-state index contributed by atoms with van der Waals surface area (Å²) in [6.07, 6.45) is 3.90. The topological polar surface area (TPSA) is 124 Å². The molecule has 0 bridgehead atoms. The van der Waals surface area contributed by atoms with Gasteiger partial charge in [0.15, 0.2) is 0 Å². The fraction of sp³-hybridized carbons (Fsp3) is 0.484. The number of hydrogen-bond donors (Lipinski definition) is 3. The number of anilines is 4. The number of rotatable bonds is 9. The number of nitrogens with one attached hydrogen (secondary N) is 2. The molecular formula is C31H37F2N5O5S. The predicted molar refractivity (Wildman–Crippen MR) is 167 cm³/mol. The molecule has 3 aliphatic rings. The number of methoxy groups -OCH3 is 1. The van der Waals surface area contributed by atoms with Gasteiger partial charge in [0, 0.05) is 56.2 Å². The van der Waals surface area contributed by atoms with E-state index in [9.17, 15) is 22.0 Å². The van der Waals surface area contributed by atoms with Crippen LogP contribution in [0.5, 0.6) is 5.88 Å². The number of amides is 1. The number of piperidine rings is 2. The summed E-state index contributed by atoms with van der Waals surface area (Å²) in [6.45, 7) is 1.28. The maximum absolute atomic E-state index is 14.0. The zero-order valence-corrected chi connectivity index (χ0v) is 25.4. The molecule has 236 valence electrons. The van der Waals surface area contributed by atoms with Gasteiger partial charge < -0.3 is 25.0 Å². The Kier molecular flexibility index (Phi) is 8.03. The average Bonchev–Trinajstić information content (AvgIpc) is 3.75. The number of halogens is 2. The first-order valence-electron chi connectivity index (χ1n) is 14.9. The molecule has 3 fully saturated rings. The van der Waals surface area contributed by atoms with Crippen molar-refractivity contribution in [2.75, 3.05) is 65.5 Å². The standard InChI is InChI=1S/C31H37F2N5O5S/c1-43-27-5-2-21-18-23(20-26(28(21)35-27)38-14-10-31(32,33)11-15-38)34-29(40)24-4-3-22(36-44(41,42)17-16-39)19-25(24)37-12-8-30(6-7-30)9-13-37/h2-5,18-20,36,39H,6-17H2,1H3,(H,34,40). The summed E-state index contributed by atoms with van der Waals surface area (Å²) in [7, 11) is -2.25. The van der Waals surface area contributed by atoms with Crippen LogP contribution in [0.3, 0.4) is 0 Å². The van der Waals surface area contributed by atoms with Gasteiger partial charge >= 0.3 is 0 Å². The summed E-state index contributed by atoms with van der Waals surface area (Å²) < 4.78 is 60.5. The molecule has 1 spiro atoms. The first-order valence-corrected chi connectivity index (χ1v) is 16.6. The minimum atomic E-state index is -3.76. The molecule has 1 amide bonds. The molecule has 0 unspecified atom stereocenters. The van der Waals surface area contributed by atoms with Gasteiger partial charge in [-0.25, -0.2) is 22.2 Å². The molecule has 6 rings (SSSR count). The van der Waals surface area contributed by atoms with Crippen LogP contribution in [0, 0.1) is 5.41 Å².